The van der Waals surface area contributed by atoms with Crippen LogP contribution in [0.25, 0.3) is 11.3 Å². The molecule has 172 valence electrons. The predicted octanol–water partition coefficient (Wildman–Crippen LogP) is 4.56. The monoisotopic (exact) mass is 456 g/mol. The van der Waals surface area contributed by atoms with Crippen LogP contribution in [0.4, 0.5) is 35.2 Å². The molecule has 2 heterocycles. The van der Waals surface area contributed by atoms with E-state index in [1.165, 1.54) is 12.1 Å². The van der Waals surface area contributed by atoms with Crippen LogP contribution < -0.4 is 15.5 Å². The lowest BCUT2D eigenvalue weighted by molar-refractivity contribution is -0.137. The van der Waals surface area contributed by atoms with E-state index < -0.39 is 17.8 Å². The highest BCUT2D eigenvalue weighted by Crippen LogP contribution is 2.30. The molecule has 0 spiro atoms. The quantitative estimate of drug-likeness (QED) is 0.602. The molecule has 1 aliphatic rings. The minimum Gasteiger partial charge on any atom is -0.353 e. The first-order valence-corrected chi connectivity index (χ1v) is 10.4. The largest absolute Gasteiger partial charge is 0.416 e. The summed E-state index contributed by atoms with van der Waals surface area (Å²) in [4.78, 5) is 16.7. The molecule has 2 aromatic carbocycles. The number of likely N-dealkylation sites (N-methyl/N-ethyl adjacent to an activating group) is 1. The van der Waals surface area contributed by atoms with Crippen molar-refractivity contribution in [1.29, 1.82) is 0 Å². The fourth-order valence-electron chi connectivity index (χ4n) is 3.48. The number of alkyl halides is 3. The second-order valence-corrected chi connectivity index (χ2v) is 7.80. The zero-order valence-corrected chi connectivity index (χ0v) is 17.9. The van der Waals surface area contributed by atoms with E-state index >= 15 is 0 Å². The summed E-state index contributed by atoms with van der Waals surface area (Å²) >= 11 is 0. The Morgan fingerprint density at radius 2 is 1.58 bits per heavy atom. The lowest BCUT2D eigenvalue weighted by atomic mass is 10.1. The summed E-state index contributed by atoms with van der Waals surface area (Å²) in [5, 5.41) is 13.9. The molecule has 3 aromatic rings. The number of carbonyl (C=O) groups is 1. The van der Waals surface area contributed by atoms with Gasteiger partial charge in [0.25, 0.3) is 0 Å². The Labute approximate surface area is 189 Å². The maximum Gasteiger partial charge on any atom is 0.416 e. The first-order valence-electron chi connectivity index (χ1n) is 10.4. The highest BCUT2D eigenvalue weighted by atomic mass is 19.4. The molecule has 2 N–H and O–H groups in total. The summed E-state index contributed by atoms with van der Waals surface area (Å²) in [6, 6.07) is 14.6. The van der Waals surface area contributed by atoms with E-state index in [0.717, 1.165) is 49.7 Å². The van der Waals surface area contributed by atoms with Crippen molar-refractivity contribution in [2.24, 2.45) is 0 Å². The number of benzene rings is 2. The number of piperazine rings is 1. The molecule has 10 heteroatoms. The van der Waals surface area contributed by atoms with Crippen molar-refractivity contribution in [2.75, 3.05) is 48.8 Å². The number of nitrogens with zero attached hydrogens (tertiary/aromatic N) is 4. The van der Waals surface area contributed by atoms with E-state index in [1.807, 2.05) is 18.2 Å². The van der Waals surface area contributed by atoms with Gasteiger partial charge in [0.2, 0.25) is 0 Å². The molecule has 1 saturated heterocycles. The molecule has 1 aromatic heterocycles. The molecular weight excluding hydrogens is 433 g/mol. The van der Waals surface area contributed by atoms with Crippen LogP contribution in [0.1, 0.15) is 5.56 Å². The van der Waals surface area contributed by atoms with Crippen LogP contribution in [0.2, 0.25) is 0 Å². The Balaban J connectivity index is 1.39. The number of nitrogens with one attached hydrogen (secondary N) is 2. The molecule has 0 radical (unpaired) electrons. The van der Waals surface area contributed by atoms with Crippen LogP contribution in [0.5, 0.6) is 0 Å². The maximum absolute atomic E-state index is 12.7. The van der Waals surface area contributed by atoms with E-state index in [9.17, 15) is 18.0 Å². The molecule has 1 aliphatic heterocycles. The summed E-state index contributed by atoms with van der Waals surface area (Å²) < 4.78 is 38.0. The Hall–Kier alpha value is -3.66. The number of carbonyl (C=O) groups excluding carboxylic acids is 1. The van der Waals surface area contributed by atoms with Gasteiger partial charge in [-0.25, -0.2) is 4.79 Å². The van der Waals surface area contributed by atoms with Gasteiger partial charge in [0.15, 0.2) is 5.82 Å². The van der Waals surface area contributed by atoms with Crippen molar-refractivity contribution >= 4 is 23.2 Å². The van der Waals surface area contributed by atoms with Crippen LogP contribution in [-0.2, 0) is 6.18 Å². The van der Waals surface area contributed by atoms with Crippen LogP contribution in [-0.4, -0.2) is 54.4 Å². The Morgan fingerprint density at radius 1 is 0.879 bits per heavy atom. The Morgan fingerprint density at radius 3 is 2.21 bits per heavy atom. The minimum absolute atomic E-state index is 0.252. The zero-order valence-electron chi connectivity index (χ0n) is 17.9. The van der Waals surface area contributed by atoms with E-state index in [4.69, 9.17) is 0 Å². The van der Waals surface area contributed by atoms with Gasteiger partial charge < -0.3 is 20.4 Å². The van der Waals surface area contributed by atoms with Gasteiger partial charge in [0.1, 0.15) is 0 Å². The molecular formula is C23H23F3N6O. The lowest BCUT2D eigenvalue weighted by Gasteiger charge is -2.32. The van der Waals surface area contributed by atoms with Gasteiger partial charge >= 0.3 is 12.2 Å². The normalized spacial score (nSPS) is 14.7. The summed E-state index contributed by atoms with van der Waals surface area (Å²) in [6.07, 6.45) is -4.42. The Kier molecular flexibility index (Phi) is 6.45. The van der Waals surface area contributed by atoms with Gasteiger partial charge in [0, 0.05) is 43.1 Å². The number of halogens is 3. The van der Waals surface area contributed by atoms with Crippen LogP contribution in [0.15, 0.2) is 60.7 Å². The van der Waals surface area contributed by atoms with E-state index in [-0.39, 0.29) is 5.69 Å². The second-order valence-electron chi connectivity index (χ2n) is 7.80. The fourth-order valence-corrected chi connectivity index (χ4v) is 3.48. The van der Waals surface area contributed by atoms with Gasteiger partial charge in [-0.15, -0.1) is 10.2 Å². The van der Waals surface area contributed by atoms with Crippen molar-refractivity contribution in [3.63, 3.8) is 0 Å². The summed E-state index contributed by atoms with van der Waals surface area (Å²) in [6.45, 7) is 3.76. The third-order valence-corrected chi connectivity index (χ3v) is 5.36. The third kappa shape index (κ3) is 5.78. The van der Waals surface area contributed by atoms with Gasteiger partial charge in [-0.1, -0.05) is 12.1 Å². The minimum atomic E-state index is -4.42. The number of hydrogen-bond donors (Lipinski definition) is 2. The van der Waals surface area contributed by atoms with E-state index in [1.54, 1.807) is 18.2 Å². The molecule has 0 atom stereocenters. The Bertz CT molecular complexity index is 1090. The van der Waals surface area contributed by atoms with Crippen LogP contribution in [0, 0.1) is 0 Å². The topological polar surface area (TPSA) is 73.4 Å². The summed E-state index contributed by atoms with van der Waals surface area (Å²) in [5.74, 6) is 0.831. The average molecular weight is 456 g/mol. The molecule has 2 amide bonds. The van der Waals surface area contributed by atoms with E-state index in [0.29, 0.717) is 11.4 Å². The molecule has 1 fully saturated rings. The first kappa shape index (κ1) is 22.5. The number of urea groups is 1. The third-order valence-electron chi connectivity index (χ3n) is 5.36. The lowest BCUT2D eigenvalue weighted by Crippen LogP contribution is -2.44. The molecule has 33 heavy (non-hydrogen) atoms. The molecule has 7 nitrogen and oxygen atoms in total. The molecule has 0 saturated carbocycles. The van der Waals surface area contributed by atoms with Crippen molar-refractivity contribution in [3.8, 4) is 11.3 Å². The van der Waals surface area contributed by atoms with Crippen molar-refractivity contribution in [2.45, 2.75) is 6.18 Å². The number of rotatable bonds is 4. The van der Waals surface area contributed by atoms with Crippen molar-refractivity contribution in [1.82, 2.24) is 15.1 Å². The van der Waals surface area contributed by atoms with Gasteiger partial charge in [0.05, 0.1) is 11.3 Å². The molecule has 0 bridgehead atoms. The highest BCUT2D eigenvalue weighted by Gasteiger charge is 2.30. The molecule has 4 rings (SSSR count). The standard InChI is InChI=1S/C23H23F3N6O/c1-31-11-13-32(14-12-31)21-10-9-20(29-30-21)16-3-2-4-19(15-16)28-22(33)27-18-7-5-17(6-8-18)23(24,25)26/h2-10,15H,11-14H2,1H3,(H2,27,28,33). The predicted molar refractivity (Wildman–Crippen MR) is 121 cm³/mol. The number of aromatic nitrogens is 2. The molecule has 0 unspecified atom stereocenters. The van der Waals surface area contributed by atoms with Gasteiger partial charge in [-0.2, -0.15) is 13.2 Å². The van der Waals surface area contributed by atoms with E-state index in [2.05, 4.69) is 37.7 Å². The smallest absolute Gasteiger partial charge is 0.353 e. The van der Waals surface area contributed by atoms with Gasteiger partial charge in [-0.3, -0.25) is 0 Å². The zero-order chi connectivity index (χ0) is 23.4. The first-order chi connectivity index (χ1) is 15.8. The van der Waals surface area contributed by atoms with Crippen LogP contribution in [0.3, 0.4) is 0 Å². The van der Waals surface area contributed by atoms with Crippen molar-refractivity contribution < 1.29 is 18.0 Å². The van der Waals surface area contributed by atoms with Crippen LogP contribution >= 0.6 is 0 Å². The summed E-state index contributed by atoms with van der Waals surface area (Å²) in [5.41, 5.74) is 1.43. The second kappa shape index (κ2) is 9.45. The SMILES string of the molecule is CN1CCN(c2ccc(-c3cccc(NC(=O)Nc4ccc(C(F)(F)F)cc4)c3)nn2)CC1. The van der Waals surface area contributed by atoms with Gasteiger partial charge in [-0.05, 0) is 55.6 Å². The van der Waals surface area contributed by atoms with Crippen molar-refractivity contribution in [3.05, 3.63) is 66.2 Å². The number of hydrogen-bond acceptors (Lipinski definition) is 5. The fraction of sp³-hybridized carbons (Fsp3) is 0.261. The highest BCUT2D eigenvalue weighted by molar-refractivity contribution is 6.00. The number of amides is 2. The molecule has 0 aliphatic carbocycles. The maximum atomic E-state index is 12.7. The number of anilines is 3. The average Bonchev–Trinajstić information content (AvgIpc) is 2.80. The summed E-state index contributed by atoms with van der Waals surface area (Å²) in [7, 11) is 2.09.